The second-order valence-electron chi connectivity index (χ2n) is 7.95. The molecule has 0 bridgehead atoms. The molecule has 1 aromatic heterocycles. The van der Waals surface area contributed by atoms with E-state index in [1.54, 1.807) is 66.9 Å². The highest BCUT2D eigenvalue weighted by atomic mass is 32.2. The molecule has 0 spiro atoms. The second kappa shape index (κ2) is 11.4. The number of benzene rings is 3. The first-order valence-electron chi connectivity index (χ1n) is 11.1. The van der Waals surface area contributed by atoms with Gasteiger partial charge in [-0.3, -0.25) is 14.4 Å². The van der Waals surface area contributed by atoms with E-state index < -0.39 is 34.3 Å². The van der Waals surface area contributed by atoms with Crippen LogP contribution in [0.2, 0.25) is 0 Å². The fourth-order valence-corrected chi connectivity index (χ4v) is 4.48. The topological polar surface area (TPSA) is 128 Å². The number of carbonyl (C=O) groups is 4. The first kappa shape index (κ1) is 24.7. The molecule has 3 aromatic carbocycles. The van der Waals surface area contributed by atoms with Gasteiger partial charge in [0.2, 0.25) is 5.12 Å². The summed E-state index contributed by atoms with van der Waals surface area (Å²) in [6.07, 6.45) is 1.72. The van der Waals surface area contributed by atoms with Gasteiger partial charge < -0.3 is 20.7 Å². The Kier molecular flexibility index (Phi) is 7.82. The van der Waals surface area contributed by atoms with Gasteiger partial charge in [0.05, 0.1) is 0 Å². The quantitative estimate of drug-likeness (QED) is 0.260. The standard InChI is InChI=1S/C27H23N3O5S/c31-23(17-9-3-1-4-10-17)30-25(36-27(35)18-11-5-2-6-12-18)24(32)29-22(26(33)34)15-19-16-28-21-14-8-7-13-20(19)21/h1-14,16,22,25,28H,15H2,(H,29,32)(H,30,31)(H,33,34). The predicted octanol–water partition coefficient (Wildman–Crippen LogP) is 3.61. The van der Waals surface area contributed by atoms with Crippen molar-refractivity contribution in [2.24, 2.45) is 0 Å². The van der Waals surface area contributed by atoms with Crippen molar-refractivity contribution in [1.82, 2.24) is 15.6 Å². The molecule has 0 saturated carbocycles. The van der Waals surface area contributed by atoms with Crippen molar-refractivity contribution in [3.8, 4) is 0 Å². The van der Waals surface area contributed by atoms with Gasteiger partial charge in [-0.05, 0) is 35.5 Å². The molecular weight excluding hydrogens is 478 g/mol. The average Bonchev–Trinajstić information content (AvgIpc) is 3.31. The summed E-state index contributed by atoms with van der Waals surface area (Å²) in [6.45, 7) is 0. The van der Waals surface area contributed by atoms with Gasteiger partial charge in [0, 0.05) is 34.6 Å². The number of carbonyl (C=O) groups excluding carboxylic acids is 3. The molecule has 0 radical (unpaired) electrons. The smallest absolute Gasteiger partial charge is 0.326 e. The van der Waals surface area contributed by atoms with E-state index in [0.717, 1.165) is 16.5 Å². The van der Waals surface area contributed by atoms with Crippen molar-refractivity contribution >= 4 is 45.6 Å². The average molecular weight is 502 g/mol. The number of carboxylic acid groups (broad SMARTS) is 1. The highest BCUT2D eigenvalue weighted by Crippen LogP contribution is 2.21. The number of rotatable bonds is 9. The van der Waals surface area contributed by atoms with Crippen molar-refractivity contribution in [2.75, 3.05) is 0 Å². The SMILES string of the molecule is O=C(NC(SC(=O)c1ccccc1)C(=O)NC(Cc1c[nH]c2ccccc12)C(=O)O)c1ccccc1. The summed E-state index contributed by atoms with van der Waals surface area (Å²) in [6, 6.07) is 22.7. The van der Waals surface area contributed by atoms with Crippen LogP contribution in [0.3, 0.4) is 0 Å². The van der Waals surface area contributed by atoms with Crippen LogP contribution in [-0.4, -0.2) is 44.4 Å². The van der Waals surface area contributed by atoms with Gasteiger partial charge in [-0.1, -0.05) is 66.7 Å². The van der Waals surface area contributed by atoms with Crippen LogP contribution < -0.4 is 10.6 Å². The number of para-hydroxylation sites is 1. The zero-order valence-corrected chi connectivity index (χ0v) is 19.8. The van der Waals surface area contributed by atoms with Crippen molar-refractivity contribution in [3.05, 3.63) is 108 Å². The van der Waals surface area contributed by atoms with E-state index in [-0.39, 0.29) is 6.42 Å². The molecule has 8 nitrogen and oxygen atoms in total. The van der Waals surface area contributed by atoms with Gasteiger partial charge >= 0.3 is 5.97 Å². The molecule has 0 aliphatic heterocycles. The fourth-order valence-electron chi connectivity index (χ4n) is 3.66. The minimum Gasteiger partial charge on any atom is -0.480 e. The fraction of sp³-hybridized carbons (Fsp3) is 0.111. The molecule has 2 atom stereocenters. The van der Waals surface area contributed by atoms with E-state index in [1.165, 1.54) is 0 Å². The monoisotopic (exact) mass is 501 g/mol. The summed E-state index contributed by atoms with van der Waals surface area (Å²) in [4.78, 5) is 53.9. The van der Waals surface area contributed by atoms with Gasteiger partial charge in [0.15, 0.2) is 5.37 Å². The van der Waals surface area contributed by atoms with Crippen molar-refractivity contribution in [3.63, 3.8) is 0 Å². The molecule has 9 heteroatoms. The van der Waals surface area contributed by atoms with Gasteiger partial charge in [-0.25, -0.2) is 4.79 Å². The zero-order chi connectivity index (χ0) is 25.5. The first-order chi connectivity index (χ1) is 17.4. The van der Waals surface area contributed by atoms with Gasteiger partial charge in [-0.15, -0.1) is 0 Å². The lowest BCUT2D eigenvalue weighted by Gasteiger charge is -2.21. The molecule has 4 N–H and O–H groups in total. The number of aromatic nitrogens is 1. The number of hydrogen-bond donors (Lipinski definition) is 4. The van der Waals surface area contributed by atoms with Crippen LogP contribution in [0.4, 0.5) is 0 Å². The van der Waals surface area contributed by atoms with Crippen molar-refractivity contribution in [1.29, 1.82) is 0 Å². The van der Waals surface area contributed by atoms with E-state index in [1.807, 2.05) is 24.3 Å². The Hall–Kier alpha value is -4.37. The Labute approximate surface area is 211 Å². The van der Waals surface area contributed by atoms with Crippen LogP contribution in [0.1, 0.15) is 26.3 Å². The molecule has 0 saturated heterocycles. The largest absolute Gasteiger partial charge is 0.480 e. The van der Waals surface area contributed by atoms with Crippen LogP contribution in [-0.2, 0) is 16.0 Å². The van der Waals surface area contributed by atoms with Gasteiger partial charge in [-0.2, -0.15) is 0 Å². The molecule has 2 unspecified atom stereocenters. The minimum absolute atomic E-state index is 0.0156. The molecular formula is C27H23N3O5S. The van der Waals surface area contributed by atoms with Crippen LogP contribution in [0, 0.1) is 0 Å². The third kappa shape index (κ3) is 6.00. The van der Waals surface area contributed by atoms with E-state index in [9.17, 15) is 24.3 Å². The highest BCUT2D eigenvalue weighted by Gasteiger charge is 2.30. The predicted molar refractivity (Wildman–Crippen MR) is 138 cm³/mol. The van der Waals surface area contributed by atoms with E-state index in [4.69, 9.17) is 0 Å². The number of aromatic amines is 1. The number of aliphatic carboxylic acids is 1. The molecule has 0 fully saturated rings. The minimum atomic E-state index is -1.35. The summed E-state index contributed by atoms with van der Waals surface area (Å²) in [5.41, 5.74) is 2.22. The molecule has 2 amide bonds. The lowest BCUT2D eigenvalue weighted by Crippen LogP contribution is -2.51. The zero-order valence-electron chi connectivity index (χ0n) is 19.0. The normalized spacial score (nSPS) is 12.4. The lowest BCUT2D eigenvalue weighted by atomic mass is 10.0. The van der Waals surface area contributed by atoms with Gasteiger partial charge in [0.1, 0.15) is 6.04 Å². The number of nitrogens with one attached hydrogen (secondary N) is 3. The molecule has 4 aromatic rings. The Balaban J connectivity index is 1.54. The molecule has 4 rings (SSSR count). The van der Waals surface area contributed by atoms with Gasteiger partial charge in [0.25, 0.3) is 11.8 Å². The molecule has 0 aliphatic carbocycles. The Bertz CT molecular complexity index is 1330. The Morgan fingerprint density at radius 1 is 0.806 bits per heavy atom. The van der Waals surface area contributed by atoms with Crippen LogP contribution in [0.15, 0.2) is 91.1 Å². The third-order valence-electron chi connectivity index (χ3n) is 5.48. The molecule has 0 aliphatic rings. The van der Waals surface area contributed by atoms with Crippen LogP contribution in [0.25, 0.3) is 10.9 Å². The first-order valence-corrected chi connectivity index (χ1v) is 12.0. The number of fused-ring (bicyclic) bond motifs is 1. The molecule has 182 valence electrons. The second-order valence-corrected chi connectivity index (χ2v) is 9.03. The summed E-state index contributed by atoms with van der Waals surface area (Å²) in [5, 5.41) is 13.9. The number of amides is 2. The number of hydrogen-bond acceptors (Lipinski definition) is 5. The lowest BCUT2D eigenvalue weighted by molar-refractivity contribution is -0.141. The highest BCUT2D eigenvalue weighted by molar-refractivity contribution is 8.15. The number of H-pyrrole nitrogens is 1. The molecule has 1 heterocycles. The maximum absolute atomic E-state index is 13.2. The summed E-state index contributed by atoms with van der Waals surface area (Å²) in [7, 11) is 0. The van der Waals surface area contributed by atoms with E-state index in [0.29, 0.717) is 22.9 Å². The van der Waals surface area contributed by atoms with Crippen LogP contribution >= 0.6 is 11.8 Å². The Morgan fingerprint density at radius 2 is 1.42 bits per heavy atom. The summed E-state index contributed by atoms with van der Waals surface area (Å²) >= 11 is 0.611. The van der Waals surface area contributed by atoms with Crippen molar-refractivity contribution < 1.29 is 24.3 Å². The van der Waals surface area contributed by atoms with Crippen LogP contribution in [0.5, 0.6) is 0 Å². The maximum atomic E-state index is 13.2. The summed E-state index contributed by atoms with van der Waals surface area (Å²) in [5.74, 6) is -2.59. The number of thioether (sulfide) groups is 1. The number of carboxylic acids is 1. The van der Waals surface area contributed by atoms with E-state index >= 15 is 0 Å². The van der Waals surface area contributed by atoms with E-state index in [2.05, 4.69) is 15.6 Å². The third-order valence-corrected chi connectivity index (χ3v) is 6.50. The Morgan fingerprint density at radius 3 is 2.08 bits per heavy atom. The summed E-state index contributed by atoms with van der Waals surface area (Å²) < 4.78 is 0. The molecule has 36 heavy (non-hydrogen) atoms. The maximum Gasteiger partial charge on any atom is 0.326 e. The van der Waals surface area contributed by atoms with Crippen molar-refractivity contribution in [2.45, 2.75) is 17.8 Å².